The largest absolute Gasteiger partial charge is 0.384 e. The minimum atomic E-state index is -0.359. The van der Waals surface area contributed by atoms with Crippen LogP contribution in [0.15, 0.2) is 42.6 Å². The van der Waals surface area contributed by atoms with E-state index >= 15 is 0 Å². The van der Waals surface area contributed by atoms with Crippen molar-refractivity contribution in [3.8, 4) is 0 Å². The number of halogens is 1. The van der Waals surface area contributed by atoms with E-state index in [0.717, 1.165) is 30.0 Å². The molecule has 0 unspecified atom stereocenters. The first-order valence-electron chi connectivity index (χ1n) is 10.2. The topological polar surface area (TPSA) is 56.4 Å². The zero-order valence-electron chi connectivity index (χ0n) is 16.7. The van der Waals surface area contributed by atoms with Crippen molar-refractivity contribution in [1.29, 1.82) is 0 Å². The highest BCUT2D eigenvalue weighted by Crippen LogP contribution is 2.32. The van der Waals surface area contributed by atoms with Crippen LogP contribution in [0, 0.1) is 12.7 Å². The lowest BCUT2D eigenvalue weighted by molar-refractivity contribution is -0.110. The summed E-state index contributed by atoms with van der Waals surface area (Å²) < 4.78 is 13.5. The van der Waals surface area contributed by atoms with Crippen LogP contribution in [-0.2, 0) is 4.79 Å². The van der Waals surface area contributed by atoms with Crippen molar-refractivity contribution in [3.63, 3.8) is 0 Å². The van der Waals surface area contributed by atoms with Gasteiger partial charge in [-0.2, -0.15) is 0 Å². The Morgan fingerprint density at radius 1 is 1.14 bits per heavy atom. The van der Waals surface area contributed by atoms with E-state index in [1.807, 2.05) is 12.1 Å². The molecule has 5 nitrogen and oxygen atoms in total. The van der Waals surface area contributed by atoms with E-state index in [2.05, 4.69) is 33.8 Å². The average molecular weight is 394 g/mol. The summed E-state index contributed by atoms with van der Waals surface area (Å²) in [7, 11) is 0. The monoisotopic (exact) mass is 394 g/mol. The molecule has 0 radical (unpaired) electrons. The van der Waals surface area contributed by atoms with Crippen molar-refractivity contribution in [2.75, 3.05) is 42.1 Å². The van der Waals surface area contributed by atoms with Gasteiger partial charge in [-0.15, -0.1) is 0 Å². The van der Waals surface area contributed by atoms with E-state index in [-0.39, 0.29) is 11.7 Å². The molecular formula is C23H27FN4O. The molecule has 0 saturated carbocycles. The molecule has 2 aromatic rings. The number of piperidine rings is 1. The molecule has 0 spiro atoms. The summed E-state index contributed by atoms with van der Waals surface area (Å²) in [5.41, 5.74) is 4.78. The van der Waals surface area contributed by atoms with Crippen LogP contribution < -0.4 is 16.0 Å². The smallest absolute Gasteiger partial charge is 0.257 e. The highest BCUT2D eigenvalue weighted by Gasteiger charge is 2.24. The third-order valence-electron chi connectivity index (χ3n) is 5.57. The Morgan fingerprint density at radius 3 is 2.76 bits per heavy atom. The van der Waals surface area contributed by atoms with Gasteiger partial charge >= 0.3 is 0 Å². The van der Waals surface area contributed by atoms with Crippen molar-refractivity contribution < 1.29 is 9.18 Å². The third kappa shape index (κ3) is 4.59. The molecule has 29 heavy (non-hydrogen) atoms. The van der Waals surface area contributed by atoms with Gasteiger partial charge in [-0.05, 0) is 74.8 Å². The highest BCUT2D eigenvalue weighted by molar-refractivity contribution is 6.31. The van der Waals surface area contributed by atoms with Crippen LogP contribution in [-0.4, -0.2) is 37.0 Å². The van der Waals surface area contributed by atoms with Crippen LogP contribution >= 0.6 is 0 Å². The van der Waals surface area contributed by atoms with Crippen LogP contribution in [0.4, 0.5) is 21.5 Å². The molecule has 2 aliphatic heterocycles. The summed E-state index contributed by atoms with van der Waals surface area (Å²) in [6, 6.07) is 10.4. The molecule has 0 aliphatic carbocycles. The Hall–Kier alpha value is -2.86. The lowest BCUT2D eigenvalue weighted by atomic mass is 10.1. The van der Waals surface area contributed by atoms with Crippen LogP contribution in [0.3, 0.4) is 0 Å². The fourth-order valence-corrected chi connectivity index (χ4v) is 3.94. The van der Waals surface area contributed by atoms with Gasteiger partial charge in [0.1, 0.15) is 5.82 Å². The number of hydrogen-bond acceptors (Lipinski definition) is 4. The zero-order chi connectivity index (χ0) is 20.2. The summed E-state index contributed by atoms with van der Waals surface area (Å²) in [4.78, 5) is 14.7. The van der Waals surface area contributed by atoms with E-state index in [4.69, 9.17) is 0 Å². The minimum Gasteiger partial charge on any atom is -0.384 e. The molecule has 152 valence electrons. The highest BCUT2D eigenvalue weighted by atomic mass is 19.1. The lowest BCUT2D eigenvalue weighted by Crippen LogP contribution is -2.33. The summed E-state index contributed by atoms with van der Waals surface area (Å²) in [5.74, 6) is -0.590. The molecule has 3 N–H and O–H groups in total. The second-order valence-corrected chi connectivity index (χ2v) is 7.71. The van der Waals surface area contributed by atoms with Crippen molar-refractivity contribution in [1.82, 2.24) is 4.90 Å². The Labute approximate surface area is 171 Å². The van der Waals surface area contributed by atoms with Gasteiger partial charge in [-0.1, -0.05) is 6.42 Å². The number of aryl methyl sites for hydroxylation is 1. The number of benzene rings is 2. The first-order valence-corrected chi connectivity index (χ1v) is 10.2. The second-order valence-electron chi connectivity index (χ2n) is 7.71. The van der Waals surface area contributed by atoms with Gasteiger partial charge in [0.15, 0.2) is 0 Å². The van der Waals surface area contributed by atoms with E-state index in [1.54, 1.807) is 12.3 Å². The van der Waals surface area contributed by atoms with Gasteiger partial charge < -0.3 is 20.9 Å². The molecule has 1 fully saturated rings. The number of likely N-dealkylation sites (tertiary alicyclic amines) is 1. The average Bonchev–Trinajstić information content (AvgIpc) is 3.03. The predicted octanol–water partition coefficient (Wildman–Crippen LogP) is 4.44. The Kier molecular flexibility index (Phi) is 5.81. The molecule has 2 aromatic carbocycles. The maximum atomic E-state index is 13.5. The molecule has 0 aromatic heterocycles. The lowest BCUT2D eigenvalue weighted by Gasteiger charge is -2.26. The molecule has 2 aliphatic rings. The number of hydrogen-bond donors (Lipinski definition) is 3. The van der Waals surface area contributed by atoms with E-state index in [1.165, 1.54) is 44.5 Å². The maximum Gasteiger partial charge on any atom is 0.257 e. The van der Waals surface area contributed by atoms with Crippen LogP contribution in [0.25, 0.3) is 5.57 Å². The molecule has 1 amide bonds. The molecule has 6 heteroatoms. The van der Waals surface area contributed by atoms with Crippen molar-refractivity contribution >= 4 is 28.5 Å². The first kappa shape index (κ1) is 19.5. The Bertz CT molecular complexity index is 934. The molecule has 2 heterocycles. The van der Waals surface area contributed by atoms with Gasteiger partial charge in [0.2, 0.25) is 0 Å². The fourth-order valence-electron chi connectivity index (χ4n) is 3.94. The number of rotatable bonds is 6. The van der Waals surface area contributed by atoms with Gasteiger partial charge in [0.05, 0.1) is 5.57 Å². The van der Waals surface area contributed by atoms with Gasteiger partial charge in [0.25, 0.3) is 5.91 Å². The van der Waals surface area contributed by atoms with Crippen LogP contribution in [0.2, 0.25) is 0 Å². The number of nitrogens with zero attached hydrogens (tertiary/aromatic N) is 1. The number of anilines is 3. The van der Waals surface area contributed by atoms with Crippen molar-refractivity contribution in [3.05, 3.63) is 59.5 Å². The van der Waals surface area contributed by atoms with Gasteiger partial charge in [0, 0.05) is 41.9 Å². The molecular weight excluding hydrogens is 367 g/mol. The normalized spacial score (nSPS) is 17.9. The van der Waals surface area contributed by atoms with Crippen LogP contribution in [0.1, 0.15) is 30.4 Å². The summed E-state index contributed by atoms with van der Waals surface area (Å²) in [5, 5.41) is 9.45. The molecule has 0 bridgehead atoms. The van der Waals surface area contributed by atoms with E-state index < -0.39 is 0 Å². The zero-order valence-corrected chi connectivity index (χ0v) is 16.7. The SMILES string of the molecule is Cc1cc(NC=C2C(=O)Nc3ccc(F)cc32)ccc1NCCN1CCCCC1. The van der Waals surface area contributed by atoms with Crippen molar-refractivity contribution in [2.24, 2.45) is 0 Å². The number of nitrogens with one attached hydrogen (secondary N) is 3. The van der Waals surface area contributed by atoms with E-state index in [9.17, 15) is 9.18 Å². The molecule has 4 rings (SSSR count). The Morgan fingerprint density at radius 2 is 1.97 bits per heavy atom. The van der Waals surface area contributed by atoms with Gasteiger partial charge in [-0.3, -0.25) is 4.79 Å². The molecule has 1 saturated heterocycles. The Balaban J connectivity index is 1.38. The number of fused-ring (bicyclic) bond motifs is 1. The third-order valence-corrected chi connectivity index (χ3v) is 5.57. The minimum absolute atomic E-state index is 0.231. The first-order chi connectivity index (χ1) is 14.1. The summed E-state index contributed by atoms with van der Waals surface area (Å²) in [6.07, 6.45) is 5.61. The summed E-state index contributed by atoms with van der Waals surface area (Å²) in [6.45, 7) is 6.48. The number of carbonyl (C=O) groups excluding carboxylic acids is 1. The maximum absolute atomic E-state index is 13.5. The number of amides is 1. The quantitative estimate of drug-likeness (QED) is 0.634. The molecule has 0 atom stereocenters. The second kappa shape index (κ2) is 8.66. The van der Waals surface area contributed by atoms with Gasteiger partial charge in [-0.25, -0.2) is 4.39 Å². The van der Waals surface area contributed by atoms with E-state index in [0.29, 0.717) is 16.8 Å². The summed E-state index contributed by atoms with van der Waals surface area (Å²) >= 11 is 0. The standard InChI is InChI=1S/C23H27FN4O/c1-16-13-18(6-8-21(16)25-9-12-28-10-3-2-4-11-28)26-15-20-19-14-17(24)5-7-22(19)27-23(20)29/h5-8,13-15,25-26H,2-4,9-12H2,1H3,(H,27,29). The number of carbonyl (C=O) groups is 1. The van der Waals surface area contributed by atoms with Crippen LogP contribution in [0.5, 0.6) is 0 Å². The van der Waals surface area contributed by atoms with Crippen molar-refractivity contribution in [2.45, 2.75) is 26.2 Å². The fraction of sp³-hybridized carbons (Fsp3) is 0.348. The predicted molar refractivity (Wildman–Crippen MR) is 117 cm³/mol.